The largest absolute Gasteiger partial charge is 0.444 e. The Morgan fingerprint density at radius 3 is 2.57 bits per heavy atom. The number of benzene rings is 1. The summed E-state index contributed by atoms with van der Waals surface area (Å²) < 4.78 is 6.22. The van der Waals surface area contributed by atoms with Gasteiger partial charge in [-0.05, 0) is 67.7 Å². The number of nitrogens with zero attached hydrogens (tertiary/aromatic N) is 2. The van der Waals surface area contributed by atoms with Gasteiger partial charge < -0.3 is 15.0 Å². The van der Waals surface area contributed by atoms with Gasteiger partial charge in [0, 0.05) is 23.6 Å². The molecule has 23 heavy (non-hydrogen) atoms. The lowest BCUT2D eigenvalue weighted by Crippen LogP contribution is -2.46. The molecule has 1 aliphatic rings. The molecule has 0 radical (unpaired) electrons. The Balaban J connectivity index is 1.89. The summed E-state index contributed by atoms with van der Waals surface area (Å²) in [7, 11) is 0. The quantitative estimate of drug-likeness (QED) is 0.847. The van der Waals surface area contributed by atoms with Crippen LogP contribution in [0.3, 0.4) is 0 Å². The fourth-order valence-corrected chi connectivity index (χ4v) is 3.20. The minimum atomic E-state index is -0.474. The number of carbonyl (C=O) groups excluding carboxylic acids is 1. The normalized spacial score (nSPS) is 15.9. The van der Waals surface area contributed by atoms with Crippen LogP contribution in [0.1, 0.15) is 39.2 Å². The predicted octanol–water partition coefficient (Wildman–Crippen LogP) is 3.81. The summed E-state index contributed by atoms with van der Waals surface area (Å²) in [6.07, 6.45) is 1.38. The zero-order chi connectivity index (χ0) is 17.0. The van der Waals surface area contributed by atoms with Gasteiger partial charge in [0.25, 0.3) is 0 Å². The molecule has 1 aliphatic heterocycles. The summed E-state index contributed by atoms with van der Waals surface area (Å²) in [5.74, 6) is 0. The second kappa shape index (κ2) is 7.22. The monoisotopic (exact) mass is 379 g/mol. The Hall–Kier alpha value is -1.74. The maximum Gasteiger partial charge on any atom is 0.407 e. The zero-order valence-electron chi connectivity index (χ0n) is 13.7. The molecule has 0 saturated carbocycles. The van der Waals surface area contributed by atoms with Crippen LogP contribution in [0.15, 0.2) is 22.7 Å². The van der Waals surface area contributed by atoms with Crippen molar-refractivity contribution in [2.24, 2.45) is 0 Å². The van der Waals surface area contributed by atoms with E-state index >= 15 is 0 Å². The lowest BCUT2D eigenvalue weighted by Gasteiger charge is -2.34. The summed E-state index contributed by atoms with van der Waals surface area (Å²) in [5.41, 5.74) is 1.25. The van der Waals surface area contributed by atoms with E-state index in [0.29, 0.717) is 5.56 Å². The van der Waals surface area contributed by atoms with Gasteiger partial charge in [0.15, 0.2) is 0 Å². The molecule has 1 heterocycles. The molecule has 1 fully saturated rings. The minimum absolute atomic E-state index is 0.137. The van der Waals surface area contributed by atoms with Crippen LogP contribution in [0.25, 0.3) is 0 Å². The highest BCUT2D eigenvalue weighted by Gasteiger charge is 2.24. The molecule has 0 aliphatic carbocycles. The molecule has 0 unspecified atom stereocenters. The average molecular weight is 380 g/mol. The first-order valence-corrected chi connectivity index (χ1v) is 8.52. The lowest BCUT2D eigenvalue weighted by molar-refractivity contribution is 0.0497. The first-order chi connectivity index (χ1) is 10.8. The Morgan fingerprint density at radius 2 is 2.04 bits per heavy atom. The van der Waals surface area contributed by atoms with Crippen molar-refractivity contribution in [3.05, 3.63) is 28.2 Å². The van der Waals surface area contributed by atoms with Crippen molar-refractivity contribution in [3.63, 3.8) is 0 Å². The third kappa shape index (κ3) is 5.14. The van der Waals surface area contributed by atoms with Crippen LogP contribution in [0.4, 0.5) is 10.5 Å². The van der Waals surface area contributed by atoms with E-state index in [1.54, 1.807) is 0 Å². The molecular formula is C17H22BrN3O2. The maximum atomic E-state index is 11.8. The van der Waals surface area contributed by atoms with E-state index in [-0.39, 0.29) is 12.1 Å². The van der Waals surface area contributed by atoms with E-state index in [2.05, 4.69) is 32.2 Å². The number of ether oxygens (including phenoxy) is 1. The van der Waals surface area contributed by atoms with Crippen molar-refractivity contribution < 1.29 is 9.53 Å². The number of halogens is 1. The number of hydrogen-bond donors (Lipinski definition) is 1. The number of anilines is 1. The summed E-state index contributed by atoms with van der Waals surface area (Å²) >= 11 is 3.53. The van der Waals surface area contributed by atoms with Crippen LogP contribution in [0.2, 0.25) is 0 Å². The van der Waals surface area contributed by atoms with E-state index in [4.69, 9.17) is 10.00 Å². The SMILES string of the molecule is CC(C)(C)OC(=O)NC1CCN(c2ccc(C#N)cc2Br)CC1. The Bertz CT molecular complexity index is 611. The van der Waals surface area contributed by atoms with Gasteiger partial charge in [0.2, 0.25) is 0 Å². The molecular weight excluding hydrogens is 358 g/mol. The molecule has 0 spiro atoms. The van der Waals surface area contributed by atoms with Gasteiger partial charge in [-0.15, -0.1) is 0 Å². The smallest absolute Gasteiger partial charge is 0.407 e. The molecule has 5 nitrogen and oxygen atoms in total. The molecule has 0 bridgehead atoms. The van der Waals surface area contributed by atoms with Crippen LogP contribution in [0, 0.1) is 11.3 Å². The van der Waals surface area contributed by atoms with E-state index in [1.165, 1.54) is 0 Å². The van der Waals surface area contributed by atoms with Crippen molar-refractivity contribution >= 4 is 27.7 Å². The van der Waals surface area contributed by atoms with E-state index in [0.717, 1.165) is 36.1 Å². The van der Waals surface area contributed by atoms with Gasteiger partial charge in [-0.1, -0.05) is 0 Å². The standard InChI is InChI=1S/C17H22BrN3O2/c1-17(2,3)23-16(22)20-13-6-8-21(9-7-13)15-5-4-12(11-19)10-14(15)18/h4-5,10,13H,6-9H2,1-3H3,(H,20,22). The summed E-state index contributed by atoms with van der Waals surface area (Å²) in [5, 5.41) is 11.9. The zero-order valence-corrected chi connectivity index (χ0v) is 15.3. The fraction of sp³-hybridized carbons (Fsp3) is 0.529. The second-order valence-electron chi connectivity index (χ2n) is 6.69. The van der Waals surface area contributed by atoms with Crippen molar-refractivity contribution in [2.45, 2.75) is 45.3 Å². The van der Waals surface area contributed by atoms with Crippen molar-refractivity contribution in [3.8, 4) is 6.07 Å². The summed E-state index contributed by atoms with van der Waals surface area (Å²) in [6, 6.07) is 7.89. The number of rotatable bonds is 2. The van der Waals surface area contributed by atoms with Gasteiger partial charge in [-0.2, -0.15) is 5.26 Å². The van der Waals surface area contributed by atoms with Crippen molar-refractivity contribution in [1.29, 1.82) is 5.26 Å². The summed E-state index contributed by atoms with van der Waals surface area (Å²) in [4.78, 5) is 14.1. The van der Waals surface area contributed by atoms with Crippen LogP contribution in [-0.4, -0.2) is 30.8 Å². The topological polar surface area (TPSA) is 65.4 Å². The molecule has 0 aromatic heterocycles. The highest BCUT2D eigenvalue weighted by Crippen LogP contribution is 2.29. The van der Waals surface area contributed by atoms with Gasteiger partial charge in [-0.25, -0.2) is 4.79 Å². The Labute approximate surface area is 145 Å². The fourth-order valence-electron chi connectivity index (χ4n) is 2.57. The minimum Gasteiger partial charge on any atom is -0.444 e. The number of piperidine rings is 1. The number of alkyl carbamates (subject to hydrolysis) is 1. The molecule has 124 valence electrons. The van der Waals surface area contributed by atoms with E-state index < -0.39 is 5.60 Å². The van der Waals surface area contributed by atoms with Crippen LogP contribution >= 0.6 is 15.9 Å². The lowest BCUT2D eigenvalue weighted by atomic mass is 10.0. The van der Waals surface area contributed by atoms with Crippen LogP contribution in [0.5, 0.6) is 0 Å². The molecule has 2 rings (SSSR count). The van der Waals surface area contributed by atoms with Gasteiger partial charge in [0.1, 0.15) is 5.60 Å². The number of amides is 1. The van der Waals surface area contributed by atoms with Gasteiger partial charge >= 0.3 is 6.09 Å². The average Bonchev–Trinajstić information content (AvgIpc) is 2.46. The predicted molar refractivity (Wildman–Crippen MR) is 93.5 cm³/mol. The number of nitrogens with one attached hydrogen (secondary N) is 1. The van der Waals surface area contributed by atoms with Crippen molar-refractivity contribution in [1.82, 2.24) is 5.32 Å². The third-order valence-electron chi connectivity index (χ3n) is 3.63. The van der Waals surface area contributed by atoms with Gasteiger partial charge in [0.05, 0.1) is 17.3 Å². The first kappa shape index (κ1) is 17.6. The number of carbonyl (C=O) groups is 1. The van der Waals surface area contributed by atoms with Crippen LogP contribution < -0.4 is 10.2 Å². The number of hydrogen-bond acceptors (Lipinski definition) is 4. The number of nitriles is 1. The molecule has 6 heteroatoms. The Kier molecular flexibility index (Phi) is 5.53. The van der Waals surface area contributed by atoms with E-state index in [9.17, 15) is 4.79 Å². The molecule has 1 N–H and O–H groups in total. The molecule has 1 amide bonds. The molecule has 1 aromatic rings. The molecule has 1 aromatic carbocycles. The summed E-state index contributed by atoms with van der Waals surface area (Å²) in [6.45, 7) is 7.28. The maximum absolute atomic E-state index is 11.8. The highest BCUT2D eigenvalue weighted by molar-refractivity contribution is 9.10. The highest BCUT2D eigenvalue weighted by atomic mass is 79.9. The first-order valence-electron chi connectivity index (χ1n) is 7.72. The molecule has 1 saturated heterocycles. The second-order valence-corrected chi connectivity index (χ2v) is 7.54. The van der Waals surface area contributed by atoms with E-state index in [1.807, 2.05) is 39.0 Å². The van der Waals surface area contributed by atoms with Crippen LogP contribution in [-0.2, 0) is 4.74 Å². The third-order valence-corrected chi connectivity index (χ3v) is 4.27. The Morgan fingerprint density at radius 1 is 1.39 bits per heavy atom. The molecule has 0 atom stereocenters. The van der Waals surface area contributed by atoms with Gasteiger partial charge in [-0.3, -0.25) is 0 Å². The van der Waals surface area contributed by atoms with Crippen molar-refractivity contribution in [2.75, 3.05) is 18.0 Å².